The second-order valence-corrected chi connectivity index (χ2v) is 3.99. The summed E-state index contributed by atoms with van der Waals surface area (Å²) in [6, 6.07) is 4.59. The highest BCUT2D eigenvalue weighted by Crippen LogP contribution is 2.23. The number of nitrogens with zero attached hydrogens (tertiary/aromatic N) is 3. The highest BCUT2D eigenvalue weighted by molar-refractivity contribution is 5.42. The van der Waals surface area contributed by atoms with Crippen LogP contribution in [0, 0.1) is 10.1 Å². The number of nitro benzene ring substituents is 1. The zero-order valence-corrected chi connectivity index (χ0v) is 10.3. The van der Waals surface area contributed by atoms with Crippen molar-refractivity contribution in [2.75, 3.05) is 7.11 Å². The van der Waals surface area contributed by atoms with E-state index in [1.54, 1.807) is 23.2 Å². The number of non-ortho nitro benzene ring substituents is 1. The van der Waals surface area contributed by atoms with E-state index in [-0.39, 0.29) is 12.3 Å². The van der Waals surface area contributed by atoms with E-state index >= 15 is 0 Å². The van der Waals surface area contributed by atoms with Gasteiger partial charge < -0.3 is 14.4 Å². The van der Waals surface area contributed by atoms with E-state index in [4.69, 9.17) is 9.84 Å². The molecule has 7 nitrogen and oxygen atoms in total. The summed E-state index contributed by atoms with van der Waals surface area (Å²) in [6.45, 7) is 0.288. The third-order valence-corrected chi connectivity index (χ3v) is 2.61. The molecule has 7 heteroatoms. The Morgan fingerprint density at radius 2 is 2.26 bits per heavy atom. The van der Waals surface area contributed by atoms with Gasteiger partial charge >= 0.3 is 0 Å². The summed E-state index contributed by atoms with van der Waals surface area (Å²) < 4.78 is 6.78. The third-order valence-electron chi connectivity index (χ3n) is 2.61. The molecular weight excluding hydrogens is 250 g/mol. The van der Waals surface area contributed by atoms with Gasteiger partial charge in [-0.2, -0.15) is 0 Å². The molecule has 0 fully saturated rings. The molecule has 0 aliphatic heterocycles. The monoisotopic (exact) mass is 263 g/mol. The van der Waals surface area contributed by atoms with Crippen LogP contribution in [0.1, 0.15) is 11.3 Å². The number of aliphatic hydroxyl groups excluding tert-OH is 1. The van der Waals surface area contributed by atoms with Gasteiger partial charge in [0.1, 0.15) is 5.75 Å². The van der Waals surface area contributed by atoms with Gasteiger partial charge in [0.05, 0.1) is 36.7 Å². The Bertz CT molecular complexity index is 594. The molecule has 0 aliphatic rings. The van der Waals surface area contributed by atoms with Crippen LogP contribution in [0.5, 0.6) is 5.75 Å². The number of benzene rings is 1. The molecule has 0 saturated carbocycles. The van der Waals surface area contributed by atoms with Gasteiger partial charge in [0, 0.05) is 18.8 Å². The molecule has 0 unspecified atom stereocenters. The highest BCUT2D eigenvalue weighted by Gasteiger charge is 2.10. The predicted octanol–water partition coefficient (Wildman–Crippen LogP) is 1.34. The Kier molecular flexibility index (Phi) is 3.76. The maximum absolute atomic E-state index is 10.8. The average molecular weight is 263 g/mol. The quantitative estimate of drug-likeness (QED) is 0.649. The molecular formula is C12H13N3O4. The second kappa shape index (κ2) is 5.49. The van der Waals surface area contributed by atoms with Crippen LogP contribution in [-0.2, 0) is 13.2 Å². The summed E-state index contributed by atoms with van der Waals surface area (Å²) in [4.78, 5) is 14.3. The molecule has 1 N–H and O–H groups in total. The van der Waals surface area contributed by atoms with Crippen LogP contribution in [0.25, 0.3) is 0 Å². The lowest BCUT2D eigenvalue weighted by molar-refractivity contribution is -0.385. The summed E-state index contributed by atoms with van der Waals surface area (Å²) in [7, 11) is 1.46. The zero-order chi connectivity index (χ0) is 13.8. The van der Waals surface area contributed by atoms with E-state index in [1.165, 1.54) is 19.2 Å². The van der Waals surface area contributed by atoms with Crippen molar-refractivity contribution >= 4 is 5.69 Å². The van der Waals surface area contributed by atoms with E-state index in [2.05, 4.69) is 4.98 Å². The van der Waals surface area contributed by atoms with E-state index in [0.29, 0.717) is 18.0 Å². The first kappa shape index (κ1) is 13.0. The van der Waals surface area contributed by atoms with Crippen molar-refractivity contribution in [2.24, 2.45) is 0 Å². The van der Waals surface area contributed by atoms with Gasteiger partial charge in [-0.05, 0) is 11.6 Å². The van der Waals surface area contributed by atoms with Crippen LogP contribution in [0.4, 0.5) is 5.69 Å². The molecule has 2 aromatic rings. The Morgan fingerprint density at radius 1 is 1.47 bits per heavy atom. The van der Waals surface area contributed by atoms with Crippen molar-refractivity contribution in [2.45, 2.75) is 13.2 Å². The van der Waals surface area contributed by atoms with Crippen LogP contribution in [0.2, 0.25) is 0 Å². The number of nitro groups is 1. The van der Waals surface area contributed by atoms with Gasteiger partial charge in [0.15, 0.2) is 0 Å². The van der Waals surface area contributed by atoms with E-state index in [9.17, 15) is 10.1 Å². The number of hydrogen-bond donors (Lipinski definition) is 1. The molecule has 1 heterocycles. The van der Waals surface area contributed by atoms with Crippen LogP contribution in [-0.4, -0.2) is 26.7 Å². The number of methoxy groups -OCH3 is 1. The van der Waals surface area contributed by atoms with Gasteiger partial charge in [-0.25, -0.2) is 4.98 Å². The number of imidazole rings is 1. The van der Waals surface area contributed by atoms with Crippen molar-refractivity contribution in [3.63, 3.8) is 0 Å². The van der Waals surface area contributed by atoms with E-state index in [1.807, 2.05) is 0 Å². The minimum Gasteiger partial charge on any atom is -0.496 e. The first-order valence-electron chi connectivity index (χ1n) is 5.56. The number of rotatable bonds is 5. The summed E-state index contributed by atoms with van der Waals surface area (Å²) >= 11 is 0. The predicted molar refractivity (Wildman–Crippen MR) is 66.9 cm³/mol. The normalized spacial score (nSPS) is 10.4. The Labute approximate surface area is 109 Å². The summed E-state index contributed by atoms with van der Waals surface area (Å²) in [6.07, 6.45) is 3.25. The van der Waals surface area contributed by atoms with E-state index < -0.39 is 4.92 Å². The maximum Gasteiger partial charge on any atom is 0.273 e. The lowest BCUT2D eigenvalue weighted by Gasteiger charge is -2.05. The average Bonchev–Trinajstić information content (AvgIpc) is 2.85. The van der Waals surface area contributed by atoms with Gasteiger partial charge in [-0.3, -0.25) is 10.1 Å². The number of ether oxygens (including phenoxy) is 1. The molecule has 0 bridgehead atoms. The SMILES string of the molecule is COc1cc(Cn2cnc(CO)c2)cc([N+](=O)[O-])c1. The summed E-state index contributed by atoms with van der Waals surface area (Å²) in [5.74, 6) is 0.437. The van der Waals surface area contributed by atoms with Crippen LogP contribution in [0.3, 0.4) is 0 Å². The van der Waals surface area contributed by atoms with Crippen molar-refractivity contribution in [1.82, 2.24) is 9.55 Å². The summed E-state index contributed by atoms with van der Waals surface area (Å²) in [5, 5.41) is 19.8. The van der Waals surface area contributed by atoms with Crippen molar-refractivity contribution < 1.29 is 14.8 Å². The fourth-order valence-electron chi connectivity index (χ4n) is 1.74. The van der Waals surface area contributed by atoms with Gasteiger partial charge in [0.25, 0.3) is 5.69 Å². The first-order chi connectivity index (χ1) is 9.12. The highest BCUT2D eigenvalue weighted by atomic mass is 16.6. The molecule has 0 amide bonds. The Balaban J connectivity index is 2.28. The fraction of sp³-hybridized carbons (Fsp3) is 0.250. The molecule has 0 atom stereocenters. The third kappa shape index (κ3) is 3.08. The molecule has 2 rings (SSSR count). The number of hydrogen-bond acceptors (Lipinski definition) is 5. The smallest absolute Gasteiger partial charge is 0.273 e. The second-order valence-electron chi connectivity index (χ2n) is 3.99. The summed E-state index contributed by atoms with van der Waals surface area (Å²) in [5.41, 5.74) is 1.27. The van der Waals surface area contributed by atoms with Crippen LogP contribution < -0.4 is 4.74 Å². The van der Waals surface area contributed by atoms with E-state index in [0.717, 1.165) is 5.56 Å². The molecule has 0 spiro atoms. The lowest BCUT2D eigenvalue weighted by atomic mass is 10.2. The number of aliphatic hydroxyl groups is 1. The molecule has 100 valence electrons. The largest absolute Gasteiger partial charge is 0.496 e. The van der Waals surface area contributed by atoms with Crippen LogP contribution >= 0.6 is 0 Å². The zero-order valence-electron chi connectivity index (χ0n) is 10.3. The minimum atomic E-state index is -0.459. The molecule has 1 aromatic carbocycles. The van der Waals surface area contributed by atoms with Gasteiger partial charge in [0.2, 0.25) is 0 Å². The standard InChI is InChI=1S/C12H13N3O4/c1-19-12-3-9(2-11(4-12)15(17)18)5-14-6-10(7-16)13-8-14/h2-4,6,8,16H,5,7H2,1H3. The molecule has 0 aliphatic carbocycles. The molecule has 0 saturated heterocycles. The Morgan fingerprint density at radius 3 is 2.84 bits per heavy atom. The lowest BCUT2D eigenvalue weighted by Crippen LogP contribution is -1.99. The maximum atomic E-state index is 10.8. The van der Waals surface area contributed by atoms with Crippen molar-refractivity contribution in [3.05, 3.63) is 52.1 Å². The Hall–Kier alpha value is -2.41. The molecule has 0 radical (unpaired) electrons. The molecule has 19 heavy (non-hydrogen) atoms. The van der Waals surface area contributed by atoms with Gasteiger partial charge in [-0.15, -0.1) is 0 Å². The fourth-order valence-corrected chi connectivity index (χ4v) is 1.74. The number of aromatic nitrogens is 2. The van der Waals surface area contributed by atoms with Crippen molar-refractivity contribution in [1.29, 1.82) is 0 Å². The van der Waals surface area contributed by atoms with Gasteiger partial charge in [-0.1, -0.05) is 0 Å². The van der Waals surface area contributed by atoms with Crippen LogP contribution in [0.15, 0.2) is 30.7 Å². The molecule has 1 aromatic heterocycles. The first-order valence-corrected chi connectivity index (χ1v) is 5.56. The minimum absolute atomic E-state index is 0.0168. The van der Waals surface area contributed by atoms with Crippen molar-refractivity contribution in [3.8, 4) is 5.75 Å². The topological polar surface area (TPSA) is 90.4 Å².